The molecule has 1 saturated heterocycles. The van der Waals surface area contributed by atoms with Crippen molar-refractivity contribution in [3.05, 3.63) is 58.5 Å². The molecule has 1 amide bonds. The lowest BCUT2D eigenvalue weighted by atomic mass is 10.1. The Morgan fingerprint density at radius 3 is 2.46 bits per heavy atom. The number of ether oxygens (including phenoxy) is 2. The van der Waals surface area contributed by atoms with E-state index in [2.05, 4.69) is 4.99 Å². The minimum absolute atomic E-state index is 0.0919. The van der Waals surface area contributed by atoms with Crippen LogP contribution in [-0.4, -0.2) is 37.2 Å². The number of hydrogen-bond donors (Lipinski definition) is 0. The summed E-state index contributed by atoms with van der Waals surface area (Å²) < 4.78 is 10.7. The molecular formula is C20H20N2O3S. The van der Waals surface area contributed by atoms with Gasteiger partial charge in [-0.3, -0.25) is 9.69 Å². The minimum Gasteiger partial charge on any atom is -0.497 e. The predicted octanol–water partition coefficient (Wildman–Crippen LogP) is 4.25. The maximum Gasteiger partial charge on any atom is 0.266 e. The second kappa shape index (κ2) is 7.66. The van der Waals surface area contributed by atoms with Gasteiger partial charge in [-0.15, -0.1) is 0 Å². The number of hydrogen-bond acceptors (Lipinski definition) is 5. The van der Waals surface area contributed by atoms with Crippen LogP contribution in [-0.2, 0) is 4.79 Å². The lowest BCUT2D eigenvalue weighted by Crippen LogP contribution is -2.23. The molecule has 0 N–H and O–H groups in total. The molecule has 3 rings (SSSR count). The number of methoxy groups -OCH3 is 2. The molecule has 26 heavy (non-hydrogen) atoms. The Labute approximate surface area is 157 Å². The van der Waals surface area contributed by atoms with Crippen LogP contribution in [0.4, 0.5) is 5.69 Å². The zero-order valence-electron chi connectivity index (χ0n) is 15.1. The van der Waals surface area contributed by atoms with Crippen LogP contribution in [0.2, 0.25) is 0 Å². The molecular weight excluding hydrogens is 348 g/mol. The number of benzene rings is 2. The zero-order valence-corrected chi connectivity index (χ0v) is 16.0. The molecule has 0 radical (unpaired) electrons. The summed E-state index contributed by atoms with van der Waals surface area (Å²) in [6, 6.07) is 13.4. The highest BCUT2D eigenvalue weighted by molar-refractivity contribution is 8.18. The van der Waals surface area contributed by atoms with Gasteiger partial charge in [-0.2, -0.15) is 0 Å². The molecule has 0 spiro atoms. The summed E-state index contributed by atoms with van der Waals surface area (Å²) in [7, 11) is 4.93. The van der Waals surface area contributed by atoms with Crippen molar-refractivity contribution in [3.63, 3.8) is 0 Å². The van der Waals surface area contributed by atoms with E-state index in [9.17, 15) is 4.79 Å². The van der Waals surface area contributed by atoms with Gasteiger partial charge in [0.15, 0.2) is 5.17 Å². The topological polar surface area (TPSA) is 51.1 Å². The third-order valence-electron chi connectivity index (χ3n) is 3.99. The van der Waals surface area contributed by atoms with Crippen LogP contribution >= 0.6 is 11.8 Å². The number of amides is 1. The van der Waals surface area contributed by atoms with Crippen molar-refractivity contribution >= 4 is 34.6 Å². The summed E-state index contributed by atoms with van der Waals surface area (Å²) in [5.41, 5.74) is 2.77. The van der Waals surface area contributed by atoms with Gasteiger partial charge in [0.2, 0.25) is 0 Å². The average molecular weight is 368 g/mol. The Morgan fingerprint density at radius 2 is 1.81 bits per heavy atom. The second-order valence-corrected chi connectivity index (χ2v) is 6.82. The number of carbonyl (C=O) groups excluding carboxylic acids is 1. The Kier molecular flexibility index (Phi) is 5.32. The highest BCUT2D eigenvalue weighted by Gasteiger charge is 2.30. The largest absolute Gasteiger partial charge is 0.497 e. The van der Waals surface area contributed by atoms with E-state index >= 15 is 0 Å². The summed E-state index contributed by atoms with van der Waals surface area (Å²) in [6.45, 7) is 2.03. The number of nitrogens with zero attached hydrogens (tertiary/aromatic N) is 2. The molecule has 1 aliphatic heterocycles. The fourth-order valence-electron chi connectivity index (χ4n) is 2.47. The molecule has 134 valence electrons. The highest BCUT2D eigenvalue weighted by atomic mass is 32.2. The molecule has 0 aliphatic carbocycles. The molecule has 0 unspecified atom stereocenters. The van der Waals surface area contributed by atoms with E-state index in [-0.39, 0.29) is 5.91 Å². The Bertz CT molecular complexity index is 888. The maximum atomic E-state index is 12.6. The van der Waals surface area contributed by atoms with Crippen molar-refractivity contribution in [2.24, 2.45) is 4.99 Å². The third-order valence-corrected chi connectivity index (χ3v) is 5.05. The van der Waals surface area contributed by atoms with Crippen LogP contribution in [0.15, 0.2) is 52.4 Å². The van der Waals surface area contributed by atoms with E-state index < -0.39 is 0 Å². The first-order chi connectivity index (χ1) is 12.5. The molecule has 6 heteroatoms. The highest BCUT2D eigenvalue weighted by Crippen LogP contribution is 2.35. The van der Waals surface area contributed by atoms with Gasteiger partial charge < -0.3 is 9.47 Å². The van der Waals surface area contributed by atoms with Crippen molar-refractivity contribution in [1.82, 2.24) is 4.90 Å². The second-order valence-electron chi connectivity index (χ2n) is 5.81. The third kappa shape index (κ3) is 3.75. The number of likely N-dealkylation sites (N-methyl/N-ethyl adjacent to an activating group) is 1. The zero-order chi connectivity index (χ0) is 18.7. The van der Waals surface area contributed by atoms with Crippen LogP contribution in [0.25, 0.3) is 6.08 Å². The summed E-state index contributed by atoms with van der Waals surface area (Å²) >= 11 is 1.34. The van der Waals surface area contributed by atoms with Crippen LogP contribution in [0.5, 0.6) is 11.5 Å². The average Bonchev–Trinajstić information content (AvgIpc) is 2.91. The fraction of sp³-hybridized carbons (Fsp3) is 0.200. The molecule has 1 heterocycles. The van der Waals surface area contributed by atoms with Crippen molar-refractivity contribution in [2.75, 3.05) is 21.3 Å². The molecule has 0 saturated carbocycles. The van der Waals surface area contributed by atoms with Crippen LogP contribution in [0.3, 0.4) is 0 Å². The van der Waals surface area contributed by atoms with E-state index in [1.807, 2.05) is 55.5 Å². The summed E-state index contributed by atoms with van der Waals surface area (Å²) in [5.74, 6) is 1.29. The molecule has 1 fully saturated rings. The number of aryl methyl sites for hydroxylation is 1. The lowest BCUT2D eigenvalue weighted by Gasteiger charge is -2.08. The molecule has 0 atom stereocenters. The van der Waals surface area contributed by atoms with Gasteiger partial charge in [0.1, 0.15) is 11.5 Å². The summed E-state index contributed by atoms with van der Waals surface area (Å²) in [5, 5.41) is 0.645. The van der Waals surface area contributed by atoms with E-state index in [4.69, 9.17) is 9.47 Å². The van der Waals surface area contributed by atoms with E-state index in [0.717, 1.165) is 11.3 Å². The molecule has 2 aromatic rings. The molecule has 5 nitrogen and oxygen atoms in total. The van der Waals surface area contributed by atoms with Gasteiger partial charge >= 0.3 is 0 Å². The molecule has 0 bridgehead atoms. The van der Waals surface area contributed by atoms with Crippen LogP contribution < -0.4 is 9.47 Å². The Balaban J connectivity index is 1.94. The van der Waals surface area contributed by atoms with Gasteiger partial charge in [-0.05, 0) is 55.1 Å². The number of aliphatic imine (C=N–C) groups is 1. The van der Waals surface area contributed by atoms with E-state index in [0.29, 0.717) is 21.6 Å². The fourth-order valence-corrected chi connectivity index (χ4v) is 3.45. The van der Waals surface area contributed by atoms with Crippen molar-refractivity contribution < 1.29 is 14.3 Å². The predicted molar refractivity (Wildman–Crippen MR) is 106 cm³/mol. The van der Waals surface area contributed by atoms with Gasteiger partial charge in [-0.25, -0.2) is 4.99 Å². The summed E-state index contributed by atoms with van der Waals surface area (Å²) in [6.07, 6.45) is 1.81. The molecule has 0 aromatic heterocycles. The van der Waals surface area contributed by atoms with Crippen molar-refractivity contribution in [2.45, 2.75) is 6.92 Å². The van der Waals surface area contributed by atoms with Gasteiger partial charge in [0, 0.05) is 12.6 Å². The standard InChI is InChI=1S/C20H20N2O3S/c1-13-5-7-15(8-6-13)21-20-22(2)19(23)18(26-20)12-14-11-16(24-3)9-10-17(14)25-4/h5-12H,1-4H3. The first kappa shape index (κ1) is 18.1. The quantitative estimate of drug-likeness (QED) is 0.757. The smallest absolute Gasteiger partial charge is 0.266 e. The van der Waals surface area contributed by atoms with Crippen LogP contribution in [0, 0.1) is 6.92 Å². The Morgan fingerprint density at radius 1 is 1.08 bits per heavy atom. The SMILES string of the molecule is COc1ccc(OC)c(C=C2SC(=Nc3ccc(C)cc3)N(C)C2=O)c1. The number of rotatable bonds is 4. The van der Waals surface area contributed by atoms with Crippen molar-refractivity contribution in [3.8, 4) is 11.5 Å². The minimum atomic E-state index is -0.0919. The van der Waals surface area contributed by atoms with Gasteiger partial charge in [0.05, 0.1) is 24.8 Å². The van der Waals surface area contributed by atoms with E-state index in [1.165, 1.54) is 17.3 Å². The first-order valence-corrected chi connectivity index (χ1v) is 8.88. The monoisotopic (exact) mass is 368 g/mol. The van der Waals surface area contributed by atoms with E-state index in [1.54, 1.807) is 26.2 Å². The number of thioether (sulfide) groups is 1. The molecule has 2 aromatic carbocycles. The van der Waals surface area contributed by atoms with Crippen molar-refractivity contribution in [1.29, 1.82) is 0 Å². The van der Waals surface area contributed by atoms with Crippen LogP contribution in [0.1, 0.15) is 11.1 Å². The van der Waals surface area contributed by atoms with Gasteiger partial charge in [-0.1, -0.05) is 17.7 Å². The molecule has 1 aliphatic rings. The first-order valence-electron chi connectivity index (χ1n) is 8.07. The maximum absolute atomic E-state index is 12.6. The number of amidine groups is 1. The Hall–Kier alpha value is -2.73. The number of carbonyl (C=O) groups is 1. The normalized spacial score (nSPS) is 17.2. The summed E-state index contributed by atoms with van der Waals surface area (Å²) in [4.78, 5) is 19.3. The lowest BCUT2D eigenvalue weighted by molar-refractivity contribution is -0.121. The van der Waals surface area contributed by atoms with Gasteiger partial charge in [0.25, 0.3) is 5.91 Å².